The molecule has 1 aromatic carbocycles. The molecule has 1 aromatic heterocycles. The van der Waals surface area contributed by atoms with E-state index in [1.165, 1.54) is 17.8 Å². The molecule has 1 amide bonds. The molecule has 29 heavy (non-hydrogen) atoms. The number of amides is 1. The Balaban J connectivity index is 1.49. The summed E-state index contributed by atoms with van der Waals surface area (Å²) in [5.74, 6) is 0.118. The highest BCUT2D eigenvalue weighted by atomic mass is 32.2. The van der Waals surface area contributed by atoms with Crippen molar-refractivity contribution in [3.63, 3.8) is 0 Å². The number of esters is 1. The van der Waals surface area contributed by atoms with Gasteiger partial charge in [0.05, 0.1) is 18.0 Å². The number of halogens is 1. The monoisotopic (exact) mass is 421 g/mol. The third-order valence-electron chi connectivity index (χ3n) is 4.68. The van der Waals surface area contributed by atoms with Crippen molar-refractivity contribution in [2.75, 3.05) is 43.4 Å². The molecule has 0 spiro atoms. The second kappa shape index (κ2) is 9.73. The molecule has 3 rings (SSSR count). The lowest BCUT2D eigenvalue weighted by molar-refractivity contribution is -0.142. The van der Waals surface area contributed by atoms with Gasteiger partial charge in [0.1, 0.15) is 18.1 Å². The molecular weight excluding hydrogens is 397 g/mol. The van der Waals surface area contributed by atoms with Crippen molar-refractivity contribution < 1.29 is 18.7 Å². The summed E-state index contributed by atoms with van der Waals surface area (Å²) in [6, 6.07) is 6.68. The van der Waals surface area contributed by atoms with E-state index >= 15 is 0 Å². The largest absolute Gasteiger partial charge is 0.466 e. The topological polar surface area (TPSA) is 80.6 Å². The standard InChI is InChI=1S/C19H24FN5O3S/c1-3-28-18(27)12-16-21-22-19(23(16)2)29-13-17(26)25-10-8-24(9-11-25)15-7-5-4-6-14(15)20/h4-7H,3,8-13H2,1-2H3. The van der Waals surface area contributed by atoms with Gasteiger partial charge in [0, 0.05) is 33.2 Å². The van der Waals surface area contributed by atoms with E-state index in [4.69, 9.17) is 4.74 Å². The number of aromatic nitrogens is 3. The van der Waals surface area contributed by atoms with Crippen LogP contribution in [0.2, 0.25) is 0 Å². The van der Waals surface area contributed by atoms with E-state index < -0.39 is 0 Å². The predicted molar refractivity (Wildman–Crippen MR) is 107 cm³/mol. The summed E-state index contributed by atoms with van der Waals surface area (Å²) in [4.78, 5) is 27.9. The molecule has 0 aliphatic carbocycles. The van der Waals surface area contributed by atoms with Crippen LogP contribution in [0.3, 0.4) is 0 Å². The van der Waals surface area contributed by atoms with E-state index in [1.807, 2.05) is 11.0 Å². The molecule has 0 unspecified atom stereocenters. The van der Waals surface area contributed by atoms with Crippen LogP contribution >= 0.6 is 11.8 Å². The van der Waals surface area contributed by atoms with E-state index in [0.717, 1.165) is 0 Å². The van der Waals surface area contributed by atoms with Gasteiger partial charge in [-0.3, -0.25) is 9.59 Å². The molecule has 0 saturated carbocycles. The summed E-state index contributed by atoms with van der Waals surface area (Å²) in [5, 5.41) is 8.63. The molecule has 1 fully saturated rings. The number of carbonyl (C=O) groups is 2. The summed E-state index contributed by atoms with van der Waals surface area (Å²) in [7, 11) is 1.76. The maximum atomic E-state index is 13.9. The van der Waals surface area contributed by atoms with Gasteiger partial charge in [-0.1, -0.05) is 23.9 Å². The van der Waals surface area contributed by atoms with Crippen molar-refractivity contribution in [3.05, 3.63) is 35.9 Å². The number of hydrogen-bond acceptors (Lipinski definition) is 7. The first-order chi connectivity index (χ1) is 14.0. The fourth-order valence-corrected chi connectivity index (χ4v) is 3.92. The van der Waals surface area contributed by atoms with Crippen LogP contribution in [0.15, 0.2) is 29.4 Å². The Hall–Kier alpha value is -2.62. The molecule has 0 N–H and O–H groups in total. The zero-order chi connectivity index (χ0) is 20.8. The van der Waals surface area contributed by atoms with Crippen LogP contribution < -0.4 is 4.90 Å². The molecule has 10 heteroatoms. The highest BCUT2D eigenvalue weighted by Gasteiger charge is 2.23. The average Bonchev–Trinajstić information content (AvgIpc) is 3.06. The number of ether oxygens (including phenoxy) is 1. The minimum absolute atomic E-state index is 0.00173. The third kappa shape index (κ3) is 5.26. The fraction of sp³-hybridized carbons (Fsp3) is 0.474. The molecule has 0 atom stereocenters. The number of carbonyl (C=O) groups excluding carboxylic acids is 2. The molecule has 1 aliphatic rings. The van der Waals surface area contributed by atoms with E-state index in [0.29, 0.717) is 49.5 Å². The minimum atomic E-state index is -0.358. The van der Waals surface area contributed by atoms with E-state index in [-0.39, 0.29) is 29.9 Å². The molecule has 2 aromatic rings. The number of anilines is 1. The smallest absolute Gasteiger partial charge is 0.313 e. The Morgan fingerprint density at radius 2 is 1.90 bits per heavy atom. The van der Waals surface area contributed by atoms with Crippen LogP contribution in [0.4, 0.5) is 10.1 Å². The normalized spacial score (nSPS) is 14.2. The van der Waals surface area contributed by atoms with Gasteiger partial charge in [-0.2, -0.15) is 0 Å². The van der Waals surface area contributed by atoms with Gasteiger partial charge in [0.15, 0.2) is 5.16 Å². The Bertz CT molecular complexity index is 867. The molecule has 1 saturated heterocycles. The van der Waals surface area contributed by atoms with E-state index in [1.54, 1.807) is 35.6 Å². The lowest BCUT2D eigenvalue weighted by Crippen LogP contribution is -2.49. The van der Waals surface area contributed by atoms with Crippen LogP contribution in [-0.2, 0) is 27.8 Å². The Labute approximate surface area is 173 Å². The Kier molecular flexibility index (Phi) is 7.08. The quantitative estimate of drug-likeness (QED) is 0.495. The van der Waals surface area contributed by atoms with Gasteiger partial charge < -0.3 is 19.1 Å². The van der Waals surface area contributed by atoms with Crippen LogP contribution in [0, 0.1) is 5.82 Å². The SMILES string of the molecule is CCOC(=O)Cc1nnc(SCC(=O)N2CCN(c3ccccc3F)CC2)n1C. The van der Waals surface area contributed by atoms with Crippen LogP contribution in [0.1, 0.15) is 12.7 Å². The number of nitrogens with zero attached hydrogens (tertiary/aromatic N) is 5. The first-order valence-electron chi connectivity index (χ1n) is 9.43. The first-order valence-corrected chi connectivity index (χ1v) is 10.4. The van der Waals surface area contributed by atoms with Gasteiger partial charge in [0.2, 0.25) is 5.91 Å². The van der Waals surface area contributed by atoms with Crippen LogP contribution in [0.5, 0.6) is 0 Å². The highest BCUT2D eigenvalue weighted by molar-refractivity contribution is 7.99. The molecule has 0 bridgehead atoms. The van der Waals surface area contributed by atoms with E-state index in [2.05, 4.69) is 10.2 Å². The molecule has 0 radical (unpaired) electrons. The van der Waals surface area contributed by atoms with Gasteiger partial charge in [-0.25, -0.2) is 4.39 Å². The fourth-order valence-electron chi connectivity index (χ4n) is 3.09. The average molecular weight is 421 g/mol. The number of piperazine rings is 1. The van der Waals surface area contributed by atoms with Crippen molar-refractivity contribution in [1.82, 2.24) is 19.7 Å². The second-order valence-electron chi connectivity index (χ2n) is 6.55. The van der Waals surface area contributed by atoms with Crippen molar-refractivity contribution in [2.45, 2.75) is 18.5 Å². The zero-order valence-corrected chi connectivity index (χ0v) is 17.3. The number of hydrogen-bond donors (Lipinski definition) is 0. The molecule has 1 aliphatic heterocycles. The predicted octanol–water partition coefficient (Wildman–Crippen LogP) is 1.50. The Morgan fingerprint density at radius 3 is 2.59 bits per heavy atom. The van der Waals surface area contributed by atoms with Crippen LogP contribution in [0.25, 0.3) is 0 Å². The minimum Gasteiger partial charge on any atom is -0.466 e. The molecular formula is C19H24FN5O3S. The maximum Gasteiger partial charge on any atom is 0.313 e. The highest BCUT2D eigenvalue weighted by Crippen LogP contribution is 2.21. The summed E-state index contributed by atoms with van der Waals surface area (Å²) in [5.41, 5.74) is 0.571. The van der Waals surface area contributed by atoms with Gasteiger partial charge in [-0.05, 0) is 19.1 Å². The number of thioether (sulfide) groups is 1. The number of rotatable bonds is 7. The van der Waals surface area contributed by atoms with Gasteiger partial charge >= 0.3 is 5.97 Å². The maximum absolute atomic E-state index is 13.9. The van der Waals surface area contributed by atoms with Gasteiger partial charge in [-0.15, -0.1) is 10.2 Å². The van der Waals surface area contributed by atoms with Gasteiger partial charge in [0.25, 0.3) is 0 Å². The van der Waals surface area contributed by atoms with Crippen molar-refractivity contribution >= 4 is 29.3 Å². The first kappa shape index (κ1) is 21.1. The summed E-state index contributed by atoms with van der Waals surface area (Å²) in [6.45, 7) is 4.33. The van der Waals surface area contributed by atoms with Crippen molar-refractivity contribution in [1.29, 1.82) is 0 Å². The molecule has 8 nitrogen and oxygen atoms in total. The summed E-state index contributed by atoms with van der Waals surface area (Å²) in [6.07, 6.45) is 0.0455. The van der Waals surface area contributed by atoms with E-state index in [9.17, 15) is 14.0 Å². The molecule has 156 valence electrons. The lowest BCUT2D eigenvalue weighted by atomic mass is 10.2. The van der Waals surface area contributed by atoms with Crippen LogP contribution in [-0.4, -0.2) is 70.1 Å². The Morgan fingerprint density at radius 1 is 1.17 bits per heavy atom. The van der Waals surface area contributed by atoms with Crippen molar-refractivity contribution in [3.8, 4) is 0 Å². The number of benzene rings is 1. The summed E-state index contributed by atoms with van der Waals surface area (Å²) >= 11 is 1.28. The lowest BCUT2D eigenvalue weighted by Gasteiger charge is -2.36. The molecule has 2 heterocycles. The second-order valence-corrected chi connectivity index (χ2v) is 7.49. The summed E-state index contributed by atoms with van der Waals surface area (Å²) < 4.78 is 20.6. The zero-order valence-electron chi connectivity index (χ0n) is 16.5. The number of para-hydroxylation sites is 1. The van der Waals surface area contributed by atoms with Crippen molar-refractivity contribution in [2.24, 2.45) is 7.05 Å². The third-order valence-corrected chi connectivity index (χ3v) is 5.69.